The Bertz CT molecular complexity index is 1570. The van der Waals surface area contributed by atoms with E-state index < -0.39 is 34.5 Å². The molecule has 2 heterocycles. The van der Waals surface area contributed by atoms with E-state index in [4.69, 9.17) is 30.2 Å². The van der Waals surface area contributed by atoms with Crippen LogP contribution in [-0.4, -0.2) is 42.7 Å². The second-order valence-corrected chi connectivity index (χ2v) is 8.87. The highest BCUT2D eigenvalue weighted by Crippen LogP contribution is 2.54. The first kappa shape index (κ1) is 23.6. The molecule has 184 valence electrons. The Kier molecular flexibility index (Phi) is 5.60. The molecule has 2 atom stereocenters. The number of aliphatic hydroxyl groups excluding tert-OH is 1. The van der Waals surface area contributed by atoms with Crippen molar-refractivity contribution in [3.05, 3.63) is 68.7 Å². The van der Waals surface area contributed by atoms with Gasteiger partial charge >= 0.3 is 5.63 Å². The van der Waals surface area contributed by atoms with Crippen LogP contribution < -0.4 is 19.8 Å². The fourth-order valence-electron chi connectivity index (χ4n) is 4.59. The maximum Gasteiger partial charge on any atom is 0.336 e. The zero-order valence-electron chi connectivity index (χ0n) is 19.5. The number of hydrogen-bond acceptors (Lipinski definition) is 9. The van der Waals surface area contributed by atoms with E-state index in [1.54, 1.807) is 31.2 Å². The zero-order valence-corrected chi connectivity index (χ0v) is 20.2. The fourth-order valence-corrected chi connectivity index (χ4v) is 4.86. The first-order valence-electron chi connectivity index (χ1n) is 10.9. The van der Waals surface area contributed by atoms with Gasteiger partial charge in [0.05, 0.1) is 25.5 Å². The van der Waals surface area contributed by atoms with Crippen LogP contribution >= 0.6 is 11.6 Å². The summed E-state index contributed by atoms with van der Waals surface area (Å²) in [5, 5.41) is 12.0. The van der Waals surface area contributed by atoms with Crippen LogP contribution in [0.5, 0.6) is 17.2 Å². The van der Waals surface area contributed by atoms with Gasteiger partial charge in [0.25, 0.3) is 0 Å². The lowest BCUT2D eigenvalue weighted by Gasteiger charge is -2.36. The van der Waals surface area contributed by atoms with Crippen LogP contribution in [0.1, 0.15) is 23.7 Å². The van der Waals surface area contributed by atoms with Crippen LogP contribution in [-0.2, 0) is 4.79 Å². The first-order chi connectivity index (χ1) is 17.2. The minimum atomic E-state index is -1.88. The molecule has 0 fully saturated rings. The summed E-state index contributed by atoms with van der Waals surface area (Å²) in [6.45, 7) is 1.64. The number of allylic oxidation sites excluding steroid dienone is 1. The predicted molar refractivity (Wildman–Crippen MR) is 131 cm³/mol. The Labute approximate surface area is 209 Å². The largest absolute Gasteiger partial charge is 0.507 e. The van der Waals surface area contributed by atoms with Crippen molar-refractivity contribution in [1.82, 2.24) is 0 Å². The standard InChI is InChI=1S/C26H20ClNO8/c1-12-8-16(29)15(11-28-14-5-6-17-13(9-14)4-7-20(30)35-17)24(31)26(12)25(32)21-18(33-2)10-19(34-3)22(27)23(21)36-26/h4-7,9-12,31H,8H2,1-3H3/t12-,26+/m1/s1. The number of aliphatic hydroxyl groups is 1. The number of methoxy groups -OCH3 is 2. The van der Waals surface area contributed by atoms with Gasteiger partial charge in [0, 0.05) is 36.1 Å². The normalized spacial score (nSPS) is 21.4. The molecule has 10 heteroatoms. The molecule has 1 aliphatic heterocycles. The predicted octanol–water partition coefficient (Wildman–Crippen LogP) is 4.60. The van der Waals surface area contributed by atoms with Crippen molar-refractivity contribution >= 4 is 46.0 Å². The van der Waals surface area contributed by atoms with Gasteiger partial charge in [0.2, 0.25) is 11.4 Å². The molecule has 1 N–H and O–H groups in total. The number of halogens is 1. The lowest BCUT2D eigenvalue weighted by atomic mass is 9.73. The van der Waals surface area contributed by atoms with Gasteiger partial charge in [-0.1, -0.05) is 18.5 Å². The first-order valence-corrected chi connectivity index (χ1v) is 11.3. The molecular formula is C26H20ClNO8. The third-order valence-electron chi connectivity index (χ3n) is 6.46. The van der Waals surface area contributed by atoms with Crippen molar-refractivity contribution in [3.8, 4) is 17.2 Å². The van der Waals surface area contributed by atoms with E-state index in [9.17, 15) is 19.5 Å². The Morgan fingerprint density at radius 2 is 1.86 bits per heavy atom. The molecule has 1 aromatic heterocycles. The summed E-state index contributed by atoms with van der Waals surface area (Å²) in [6.07, 6.45) is 1.12. The van der Waals surface area contributed by atoms with E-state index >= 15 is 0 Å². The number of benzene rings is 2. The minimum Gasteiger partial charge on any atom is -0.507 e. The SMILES string of the molecule is COc1cc(OC)c2c(c1Cl)O[C@]1(C2=O)C(O)=C(C=Nc2ccc3oc(=O)ccc3c2)C(=O)C[C@H]1C. The number of hydrogen-bond donors (Lipinski definition) is 1. The van der Waals surface area contributed by atoms with Crippen molar-refractivity contribution in [2.24, 2.45) is 10.9 Å². The minimum absolute atomic E-state index is 0.0120. The molecule has 0 radical (unpaired) electrons. The van der Waals surface area contributed by atoms with Crippen LogP contribution in [0, 0.1) is 5.92 Å². The van der Waals surface area contributed by atoms with Crippen LogP contribution in [0.25, 0.3) is 11.0 Å². The molecule has 2 aromatic carbocycles. The molecule has 0 bridgehead atoms. The average molecular weight is 510 g/mol. The number of ketones is 2. The summed E-state index contributed by atoms with van der Waals surface area (Å²) < 4.78 is 21.8. The highest BCUT2D eigenvalue weighted by atomic mass is 35.5. The third kappa shape index (κ3) is 3.38. The molecule has 3 aromatic rings. The second kappa shape index (κ2) is 8.53. The van der Waals surface area contributed by atoms with Crippen molar-refractivity contribution < 1.29 is 33.3 Å². The average Bonchev–Trinajstić information content (AvgIpc) is 3.18. The molecule has 1 aliphatic carbocycles. The molecule has 0 unspecified atom stereocenters. The van der Waals surface area contributed by atoms with Gasteiger partial charge in [-0.3, -0.25) is 14.6 Å². The number of Topliss-reactive ketones (excluding diaryl/α,β-unsaturated/α-hetero) is 2. The van der Waals surface area contributed by atoms with Crippen molar-refractivity contribution in [1.29, 1.82) is 0 Å². The molecule has 1 spiro atoms. The number of ether oxygens (including phenoxy) is 3. The quantitative estimate of drug-likeness (QED) is 0.399. The van der Waals surface area contributed by atoms with Gasteiger partial charge in [-0.2, -0.15) is 0 Å². The number of nitrogens with zero attached hydrogens (tertiary/aromatic N) is 1. The summed E-state index contributed by atoms with van der Waals surface area (Å²) in [7, 11) is 2.80. The summed E-state index contributed by atoms with van der Waals surface area (Å²) in [5.41, 5.74) is -1.63. The molecule has 0 saturated carbocycles. The lowest BCUT2D eigenvalue weighted by molar-refractivity contribution is -0.118. The monoisotopic (exact) mass is 509 g/mol. The van der Waals surface area contributed by atoms with Gasteiger partial charge < -0.3 is 23.7 Å². The van der Waals surface area contributed by atoms with Gasteiger partial charge in [-0.15, -0.1) is 0 Å². The summed E-state index contributed by atoms with van der Waals surface area (Å²) in [5.74, 6) is -1.83. The summed E-state index contributed by atoms with van der Waals surface area (Å²) in [6, 6.07) is 9.16. The Balaban J connectivity index is 1.61. The maximum absolute atomic E-state index is 13.7. The number of aliphatic imine (C=N–C) groups is 1. The van der Waals surface area contributed by atoms with Crippen LogP contribution in [0.15, 0.2) is 61.9 Å². The molecular weight excluding hydrogens is 490 g/mol. The van der Waals surface area contributed by atoms with E-state index in [0.29, 0.717) is 16.7 Å². The number of rotatable bonds is 4. The number of carbonyl (C=O) groups excluding carboxylic acids is 2. The van der Waals surface area contributed by atoms with Crippen molar-refractivity contribution in [3.63, 3.8) is 0 Å². The number of carbonyl (C=O) groups is 2. The summed E-state index contributed by atoms with van der Waals surface area (Å²) in [4.78, 5) is 42.3. The molecule has 5 rings (SSSR count). The Morgan fingerprint density at radius 1 is 1.11 bits per heavy atom. The molecule has 0 saturated heterocycles. The van der Waals surface area contributed by atoms with Gasteiger partial charge in [-0.05, 0) is 24.3 Å². The van der Waals surface area contributed by atoms with Crippen LogP contribution in [0.2, 0.25) is 5.02 Å². The van der Waals surface area contributed by atoms with E-state index in [1.807, 2.05) is 0 Å². The van der Waals surface area contributed by atoms with Gasteiger partial charge in [-0.25, -0.2) is 4.79 Å². The van der Waals surface area contributed by atoms with Crippen molar-refractivity contribution in [2.45, 2.75) is 18.9 Å². The Morgan fingerprint density at radius 3 is 2.58 bits per heavy atom. The fraction of sp³-hybridized carbons (Fsp3) is 0.231. The smallest absolute Gasteiger partial charge is 0.336 e. The van der Waals surface area contributed by atoms with E-state index in [0.717, 1.165) is 0 Å². The maximum atomic E-state index is 13.7. The van der Waals surface area contributed by atoms with Gasteiger partial charge in [0.15, 0.2) is 17.3 Å². The van der Waals surface area contributed by atoms with Crippen LogP contribution in [0.3, 0.4) is 0 Å². The van der Waals surface area contributed by atoms with E-state index in [-0.39, 0.29) is 39.8 Å². The van der Waals surface area contributed by atoms with Crippen molar-refractivity contribution in [2.75, 3.05) is 14.2 Å². The molecule has 36 heavy (non-hydrogen) atoms. The van der Waals surface area contributed by atoms with E-state index in [2.05, 4.69) is 4.99 Å². The molecule has 0 amide bonds. The second-order valence-electron chi connectivity index (χ2n) is 8.49. The summed E-state index contributed by atoms with van der Waals surface area (Å²) >= 11 is 6.43. The Hall–Kier alpha value is -4.11. The zero-order chi connectivity index (χ0) is 25.8. The van der Waals surface area contributed by atoms with Crippen LogP contribution in [0.4, 0.5) is 5.69 Å². The molecule has 9 nitrogen and oxygen atoms in total. The molecule has 2 aliphatic rings. The lowest BCUT2D eigenvalue weighted by Crippen LogP contribution is -2.52. The van der Waals surface area contributed by atoms with E-state index in [1.165, 1.54) is 32.6 Å². The highest BCUT2D eigenvalue weighted by Gasteiger charge is 2.60. The number of fused-ring (bicyclic) bond motifs is 2. The highest BCUT2D eigenvalue weighted by molar-refractivity contribution is 6.35. The third-order valence-corrected chi connectivity index (χ3v) is 6.82. The topological polar surface area (TPSA) is 125 Å². The van der Waals surface area contributed by atoms with Gasteiger partial charge in [0.1, 0.15) is 27.7 Å².